The molecule has 2 aromatic carbocycles. The summed E-state index contributed by atoms with van der Waals surface area (Å²) in [5.74, 6) is -1.52. The van der Waals surface area contributed by atoms with Crippen molar-refractivity contribution in [2.75, 3.05) is 107 Å². The van der Waals surface area contributed by atoms with Gasteiger partial charge in [-0.3, -0.25) is 39.4 Å². The fraction of sp³-hybridized carbons (Fsp3) is 0.579. The lowest BCUT2D eigenvalue weighted by molar-refractivity contribution is -0.385. The van der Waals surface area contributed by atoms with Crippen molar-refractivity contribution in [3.8, 4) is 11.5 Å². The molecule has 1 heterocycles. The molecule has 1 aliphatic heterocycles. The Bertz CT molecular complexity index is 1540. The van der Waals surface area contributed by atoms with Crippen LogP contribution in [0.1, 0.15) is 35.1 Å². The number of rotatable bonds is 4. The Hall–Kier alpha value is -5.60. The number of nitro groups is 2. The van der Waals surface area contributed by atoms with Crippen LogP contribution in [0.25, 0.3) is 0 Å². The number of nitrogens with zero attached hydrogens (tertiary/aromatic N) is 2. The summed E-state index contributed by atoms with van der Waals surface area (Å²) in [5, 5.41) is 33.8. The summed E-state index contributed by atoms with van der Waals surface area (Å²) >= 11 is 0. The smallest absolute Gasteiger partial charge is 0.270 e. The third-order valence-electron chi connectivity index (χ3n) is 8.35. The molecule has 3 rings (SSSR count). The number of methoxy groups -OCH3 is 2. The van der Waals surface area contributed by atoms with Crippen molar-refractivity contribution in [1.82, 2.24) is 21.3 Å². The van der Waals surface area contributed by atoms with Crippen molar-refractivity contribution in [3.63, 3.8) is 0 Å². The summed E-state index contributed by atoms with van der Waals surface area (Å²) in [7, 11) is 2.73. The Morgan fingerprint density at radius 2 is 0.742 bits per heavy atom. The topological polar surface area (TPSA) is 295 Å². The van der Waals surface area contributed by atoms with Gasteiger partial charge in [-0.2, -0.15) is 0 Å². The third kappa shape index (κ3) is 19.9. The minimum absolute atomic E-state index is 0.108. The van der Waals surface area contributed by atoms with Crippen molar-refractivity contribution in [2.45, 2.75) is 39.0 Å². The van der Waals surface area contributed by atoms with Gasteiger partial charge in [0.05, 0.1) is 63.7 Å². The van der Waals surface area contributed by atoms with Gasteiger partial charge in [0, 0.05) is 85.9 Å². The van der Waals surface area contributed by atoms with Crippen molar-refractivity contribution in [2.24, 2.45) is 0 Å². The normalized spacial score (nSPS) is 18.2. The molecule has 0 radical (unpaired) electrons. The SMILES string of the molecule is COc1c2cc([N+](=O)[O-])cc1CNC(=O)COCOCCCOCCOCC(=O)NCc1cc([N+](=O)[O-])cc(c1OC)CNC(=O)COCOCCCOCCOCC(=O)NC2. The maximum atomic E-state index is 12.4. The number of benzene rings is 2. The zero-order valence-corrected chi connectivity index (χ0v) is 34.7. The molecule has 4 N–H and O–H groups in total. The van der Waals surface area contributed by atoms with Gasteiger partial charge in [-0.15, -0.1) is 0 Å². The van der Waals surface area contributed by atoms with Gasteiger partial charge in [0.1, 0.15) is 51.5 Å². The van der Waals surface area contributed by atoms with Gasteiger partial charge in [-0.25, -0.2) is 0 Å². The van der Waals surface area contributed by atoms with E-state index in [1.54, 1.807) is 0 Å². The number of hydrogen-bond acceptors (Lipinski definition) is 18. The van der Waals surface area contributed by atoms with Crippen LogP contribution in [0.2, 0.25) is 0 Å². The van der Waals surface area contributed by atoms with Crippen LogP contribution in [0.5, 0.6) is 11.5 Å². The number of amides is 4. The monoisotopic (exact) mass is 882 g/mol. The lowest BCUT2D eigenvalue weighted by atomic mass is 10.1. The van der Waals surface area contributed by atoms with E-state index < -0.39 is 33.5 Å². The molecule has 1 aliphatic rings. The van der Waals surface area contributed by atoms with Crippen molar-refractivity contribution in [1.29, 1.82) is 0 Å². The Morgan fingerprint density at radius 3 is 1.05 bits per heavy atom. The van der Waals surface area contributed by atoms with Gasteiger partial charge in [0.25, 0.3) is 11.4 Å². The summed E-state index contributed by atoms with van der Waals surface area (Å²) in [6.45, 7) is -0.430. The predicted molar refractivity (Wildman–Crippen MR) is 213 cm³/mol. The molecule has 24 nitrogen and oxygen atoms in total. The molecule has 4 amide bonds. The van der Waals surface area contributed by atoms with Crippen LogP contribution in [0.15, 0.2) is 24.3 Å². The molecule has 0 aliphatic carbocycles. The second-order valence-electron chi connectivity index (χ2n) is 13.0. The number of carbonyl (C=O) groups is 4. The highest BCUT2D eigenvalue weighted by atomic mass is 16.7. The summed E-state index contributed by atoms with van der Waals surface area (Å²) < 4.78 is 53.8. The summed E-state index contributed by atoms with van der Waals surface area (Å²) in [6, 6.07) is 5.06. The second kappa shape index (κ2) is 29.6. The first-order chi connectivity index (χ1) is 30.0. The molecule has 4 bridgehead atoms. The standard InChI is InChI=1S/C38H54N6O18/c1-53-37-27-13-31(43(49)50)15-29(37)19-41-35(47)23-61-25-59-7-3-6-56-10-12-58-22-34(46)40-18-28-14-32(44(51)52)16-30(38(28)54-2)20-42-36(48)24-62-26-60-8-4-5-55-9-11-57-21-33(45)39-17-27/h13-16H,3-12,17-26H2,1-2H3,(H,39,45)(H,40,46)(H,41,47)(H,42,48). The molecule has 2 aromatic rings. The second-order valence-corrected chi connectivity index (χ2v) is 13.0. The highest BCUT2D eigenvalue weighted by Crippen LogP contribution is 2.31. The first kappa shape index (κ1) is 50.8. The van der Waals surface area contributed by atoms with E-state index in [-0.39, 0.29) is 129 Å². The molecular formula is C38H54N6O18. The Labute approximate surface area is 356 Å². The van der Waals surface area contributed by atoms with Crippen LogP contribution in [0, 0.1) is 20.2 Å². The Morgan fingerprint density at radius 1 is 0.452 bits per heavy atom. The van der Waals surface area contributed by atoms with E-state index in [1.165, 1.54) is 38.5 Å². The zero-order valence-electron chi connectivity index (χ0n) is 34.7. The van der Waals surface area contributed by atoms with E-state index in [1.807, 2.05) is 0 Å². The molecular weight excluding hydrogens is 828 g/mol. The average molecular weight is 883 g/mol. The Balaban J connectivity index is 1.53. The number of nitro benzene ring substituents is 2. The molecule has 62 heavy (non-hydrogen) atoms. The summed E-state index contributed by atoms with van der Waals surface area (Å²) in [5.41, 5.74) is 0.702. The maximum Gasteiger partial charge on any atom is 0.270 e. The number of hydrogen-bond donors (Lipinski definition) is 4. The van der Waals surface area contributed by atoms with Gasteiger partial charge in [0.15, 0.2) is 0 Å². The van der Waals surface area contributed by atoms with Crippen LogP contribution < -0.4 is 30.7 Å². The largest absolute Gasteiger partial charge is 0.496 e. The number of ether oxygens (including phenoxy) is 10. The predicted octanol–water partition coefficient (Wildman–Crippen LogP) is 0.527. The van der Waals surface area contributed by atoms with E-state index in [0.717, 1.165) is 0 Å². The van der Waals surface area contributed by atoms with Crippen LogP contribution >= 0.6 is 0 Å². The van der Waals surface area contributed by atoms with Gasteiger partial charge < -0.3 is 68.6 Å². The van der Waals surface area contributed by atoms with Crippen molar-refractivity contribution in [3.05, 3.63) is 66.7 Å². The maximum absolute atomic E-state index is 12.4. The van der Waals surface area contributed by atoms with Crippen molar-refractivity contribution < 1.29 is 76.4 Å². The van der Waals surface area contributed by atoms with E-state index in [2.05, 4.69) is 21.3 Å². The number of fused-ring (bicyclic) bond motifs is 4. The minimum atomic E-state index is -0.596. The first-order valence-corrected chi connectivity index (χ1v) is 19.4. The minimum Gasteiger partial charge on any atom is -0.496 e. The molecule has 0 spiro atoms. The summed E-state index contributed by atoms with van der Waals surface area (Å²) in [6.07, 6.45) is 0.986. The quantitative estimate of drug-likeness (QED) is 0.240. The number of non-ortho nitro benzene ring substituents is 2. The first-order valence-electron chi connectivity index (χ1n) is 19.4. The van der Waals surface area contributed by atoms with E-state index >= 15 is 0 Å². The highest BCUT2D eigenvalue weighted by molar-refractivity contribution is 5.79. The van der Waals surface area contributed by atoms with Crippen LogP contribution in [-0.2, 0) is 83.3 Å². The Kier molecular flexibility index (Phi) is 24.2. The van der Waals surface area contributed by atoms with Gasteiger partial charge in [0.2, 0.25) is 23.6 Å². The zero-order chi connectivity index (χ0) is 45.0. The molecule has 0 fully saturated rings. The summed E-state index contributed by atoms with van der Waals surface area (Å²) in [4.78, 5) is 71.8. The van der Waals surface area contributed by atoms with Crippen LogP contribution in [0.4, 0.5) is 11.4 Å². The number of carbonyl (C=O) groups excluding carboxylic acids is 4. The molecule has 24 heteroatoms. The van der Waals surface area contributed by atoms with Crippen molar-refractivity contribution >= 4 is 35.0 Å². The van der Waals surface area contributed by atoms with Crippen LogP contribution in [-0.4, -0.2) is 141 Å². The lowest BCUT2D eigenvalue weighted by Gasteiger charge is -2.15. The van der Waals surface area contributed by atoms with E-state index in [4.69, 9.17) is 47.4 Å². The lowest BCUT2D eigenvalue weighted by Crippen LogP contribution is -2.29. The fourth-order valence-corrected chi connectivity index (χ4v) is 5.51. The molecule has 0 saturated heterocycles. The third-order valence-corrected chi connectivity index (χ3v) is 8.35. The highest BCUT2D eigenvalue weighted by Gasteiger charge is 2.20. The van der Waals surface area contributed by atoms with Crippen LogP contribution in [0.3, 0.4) is 0 Å². The average Bonchev–Trinajstić information content (AvgIpc) is 3.25. The van der Waals surface area contributed by atoms with Gasteiger partial charge in [-0.05, 0) is 12.8 Å². The molecule has 0 aromatic heterocycles. The molecule has 0 atom stereocenters. The molecule has 344 valence electrons. The molecule has 0 saturated carbocycles. The number of nitrogens with one attached hydrogen (secondary N) is 4. The molecule has 0 unspecified atom stereocenters. The fourth-order valence-electron chi connectivity index (χ4n) is 5.51. The van der Waals surface area contributed by atoms with E-state index in [9.17, 15) is 39.4 Å². The van der Waals surface area contributed by atoms with Gasteiger partial charge in [-0.1, -0.05) is 0 Å². The van der Waals surface area contributed by atoms with E-state index in [0.29, 0.717) is 48.3 Å². The van der Waals surface area contributed by atoms with Gasteiger partial charge >= 0.3 is 0 Å².